The molecule has 1 aliphatic heterocycles. The molecule has 0 spiro atoms. The van der Waals surface area contributed by atoms with Crippen LogP contribution in [0.5, 0.6) is 5.75 Å². The molecule has 1 aliphatic carbocycles. The van der Waals surface area contributed by atoms with Gasteiger partial charge in [-0.2, -0.15) is 0 Å². The molecule has 1 aromatic carbocycles. The zero-order chi connectivity index (χ0) is 18.7. The highest BCUT2D eigenvalue weighted by Gasteiger charge is 2.34. The topological polar surface area (TPSA) is 45.2 Å². The van der Waals surface area contributed by atoms with E-state index in [1.807, 2.05) is 32.2 Å². The molecule has 1 unspecified atom stereocenters. The minimum atomic E-state index is 0.294. The van der Waals surface area contributed by atoms with Crippen molar-refractivity contribution < 1.29 is 5.11 Å². The van der Waals surface area contributed by atoms with Crippen LogP contribution < -0.4 is 5.32 Å². The third-order valence-corrected chi connectivity index (χ3v) is 6.38. The molecule has 2 heterocycles. The van der Waals surface area contributed by atoms with E-state index in [4.69, 9.17) is 4.98 Å². The average Bonchev–Trinajstić information content (AvgIpc) is 2.81. The van der Waals surface area contributed by atoms with Crippen LogP contribution in [-0.2, 0) is 12.8 Å². The van der Waals surface area contributed by atoms with Gasteiger partial charge in [0.2, 0.25) is 0 Å². The second-order valence-electron chi connectivity index (χ2n) is 6.76. The Morgan fingerprint density at radius 3 is 2.46 bits per heavy atom. The Kier molecular flexibility index (Phi) is 6.76. The van der Waals surface area contributed by atoms with Crippen LogP contribution in [0, 0.1) is 5.92 Å². The number of aryl methyl sites for hydroxylation is 2. The van der Waals surface area contributed by atoms with Crippen LogP contribution in [-0.4, -0.2) is 23.2 Å². The van der Waals surface area contributed by atoms with Gasteiger partial charge >= 0.3 is 0 Å². The zero-order valence-corrected chi connectivity index (χ0v) is 18.5. The number of phenols is 1. The quantitative estimate of drug-likeness (QED) is 0.559. The SMILES string of the molecule is CC.Oc1cc(Br)c2c(c1)CCc1cc(Br)cnc1C2C1CCNCC1. The Hall–Kier alpha value is -0.910. The molecule has 3 nitrogen and oxygen atoms in total. The Morgan fingerprint density at radius 2 is 1.73 bits per heavy atom. The summed E-state index contributed by atoms with van der Waals surface area (Å²) in [6, 6.07) is 5.99. The van der Waals surface area contributed by atoms with Crippen LogP contribution in [0.3, 0.4) is 0 Å². The second-order valence-corrected chi connectivity index (χ2v) is 8.53. The molecular weight excluding hydrogens is 456 g/mol. The molecule has 0 saturated carbocycles. The first-order valence-electron chi connectivity index (χ1n) is 9.50. The fourth-order valence-corrected chi connectivity index (χ4v) is 5.34. The summed E-state index contributed by atoms with van der Waals surface area (Å²) in [4.78, 5) is 4.85. The van der Waals surface area contributed by atoms with Gasteiger partial charge in [0.25, 0.3) is 0 Å². The number of rotatable bonds is 1. The van der Waals surface area contributed by atoms with E-state index in [2.05, 4.69) is 43.2 Å². The van der Waals surface area contributed by atoms with Crippen molar-refractivity contribution in [3.05, 3.63) is 55.7 Å². The molecule has 1 fully saturated rings. The maximum atomic E-state index is 10.1. The fourth-order valence-electron chi connectivity index (χ4n) is 4.23. The first-order valence-corrected chi connectivity index (χ1v) is 11.1. The summed E-state index contributed by atoms with van der Waals surface area (Å²) in [5.41, 5.74) is 5.12. The summed E-state index contributed by atoms with van der Waals surface area (Å²) >= 11 is 7.30. The van der Waals surface area contributed by atoms with Crippen molar-refractivity contribution in [1.82, 2.24) is 10.3 Å². The lowest BCUT2D eigenvalue weighted by Gasteiger charge is -2.32. The fraction of sp³-hybridized carbons (Fsp3) is 0.476. The Morgan fingerprint density at radius 1 is 1.04 bits per heavy atom. The normalized spacial score (nSPS) is 19.6. The number of halogens is 2. The Balaban J connectivity index is 0.000000948. The van der Waals surface area contributed by atoms with Crippen molar-refractivity contribution in [2.45, 2.75) is 45.4 Å². The van der Waals surface area contributed by atoms with Gasteiger partial charge in [-0.15, -0.1) is 0 Å². The standard InChI is InChI=1S/C19H20Br2N2O.C2H6/c20-14-7-13-2-1-12-8-15(24)9-16(21)17(12)18(19(13)23-10-14)11-3-5-22-6-4-11;1-2/h7-11,18,22,24H,1-6H2;1-2H3. The van der Waals surface area contributed by atoms with Crippen LogP contribution in [0.2, 0.25) is 0 Å². The van der Waals surface area contributed by atoms with Gasteiger partial charge < -0.3 is 10.4 Å². The molecule has 2 aromatic rings. The van der Waals surface area contributed by atoms with Crippen LogP contribution in [0.1, 0.15) is 55.0 Å². The number of nitrogens with one attached hydrogen (secondary N) is 1. The molecule has 1 aromatic heterocycles. The summed E-state index contributed by atoms with van der Waals surface area (Å²) < 4.78 is 2.05. The van der Waals surface area contributed by atoms with Gasteiger partial charge in [-0.25, -0.2) is 0 Å². The van der Waals surface area contributed by atoms with Gasteiger partial charge in [-0.05, 0) is 95.5 Å². The van der Waals surface area contributed by atoms with Gasteiger partial charge in [-0.1, -0.05) is 29.8 Å². The lowest BCUT2D eigenvalue weighted by atomic mass is 9.77. The maximum Gasteiger partial charge on any atom is 0.116 e. The highest BCUT2D eigenvalue weighted by molar-refractivity contribution is 9.10. The number of piperidine rings is 1. The molecular formula is C21H26Br2N2O. The smallest absolute Gasteiger partial charge is 0.116 e. The van der Waals surface area contributed by atoms with Crippen LogP contribution >= 0.6 is 31.9 Å². The van der Waals surface area contributed by atoms with E-state index in [1.165, 1.54) is 22.4 Å². The van der Waals surface area contributed by atoms with E-state index in [0.717, 1.165) is 47.7 Å². The summed E-state index contributed by atoms with van der Waals surface area (Å²) in [5, 5.41) is 13.5. The minimum Gasteiger partial charge on any atom is -0.508 e. The Labute approximate surface area is 172 Å². The lowest BCUT2D eigenvalue weighted by Crippen LogP contribution is -2.32. The first kappa shape index (κ1) is 19.8. The first-order chi connectivity index (χ1) is 12.6. The van der Waals surface area contributed by atoms with Crippen molar-refractivity contribution in [3.8, 4) is 5.75 Å². The van der Waals surface area contributed by atoms with Gasteiger partial charge in [0.1, 0.15) is 5.75 Å². The predicted molar refractivity (Wildman–Crippen MR) is 114 cm³/mol. The predicted octanol–water partition coefficient (Wildman–Crippen LogP) is 5.57. The molecule has 2 aliphatic rings. The number of phenolic OH excluding ortho intramolecular Hbond substituents is 1. The maximum absolute atomic E-state index is 10.1. The molecule has 0 radical (unpaired) electrons. The Bertz CT molecular complexity index is 773. The van der Waals surface area contributed by atoms with E-state index in [9.17, 15) is 5.11 Å². The lowest BCUT2D eigenvalue weighted by molar-refractivity contribution is 0.337. The van der Waals surface area contributed by atoms with E-state index < -0.39 is 0 Å². The highest BCUT2D eigenvalue weighted by atomic mass is 79.9. The number of hydrogen-bond donors (Lipinski definition) is 2. The minimum absolute atomic E-state index is 0.294. The van der Waals surface area contributed by atoms with E-state index in [0.29, 0.717) is 17.6 Å². The summed E-state index contributed by atoms with van der Waals surface area (Å²) in [6.07, 6.45) is 6.15. The number of pyridine rings is 1. The van der Waals surface area contributed by atoms with Gasteiger partial charge in [-0.3, -0.25) is 4.98 Å². The average molecular weight is 482 g/mol. The molecule has 0 bridgehead atoms. The molecule has 2 N–H and O–H groups in total. The van der Waals surface area contributed by atoms with Crippen LogP contribution in [0.25, 0.3) is 0 Å². The van der Waals surface area contributed by atoms with E-state index >= 15 is 0 Å². The number of benzene rings is 1. The molecule has 1 atom stereocenters. The van der Waals surface area contributed by atoms with Crippen LogP contribution in [0.4, 0.5) is 0 Å². The van der Waals surface area contributed by atoms with Crippen molar-refractivity contribution in [2.24, 2.45) is 5.92 Å². The van der Waals surface area contributed by atoms with Gasteiger partial charge in [0.15, 0.2) is 0 Å². The molecule has 0 amide bonds. The number of aromatic nitrogens is 1. The van der Waals surface area contributed by atoms with Crippen LogP contribution in [0.15, 0.2) is 33.3 Å². The number of fused-ring (bicyclic) bond motifs is 2. The van der Waals surface area contributed by atoms with E-state index in [-0.39, 0.29) is 0 Å². The second kappa shape index (κ2) is 8.85. The highest BCUT2D eigenvalue weighted by Crippen LogP contribution is 2.45. The third kappa shape index (κ3) is 4.00. The monoisotopic (exact) mass is 480 g/mol. The molecule has 5 heteroatoms. The molecule has 1 saturated heterocycles. The number of hydrogen-bond acceptors (Lipinski definition) is 3. The van der Waals surface area contributed by atoms with Gasteiger partial charge in [0.05, 0.1) is 5.69 Å². The third-order valence-electron chi connectivity index (χ3n) is 5.29. The zero-order valence-electron chi connectivity index (χ0n) is 15.4. The number of nitrogens with zero attached hydrogens (tertiary/aromatic N) is 1. The summed E-state index contributed by atoms with van der Waals surface area (Å²) in [5.74, 6) is 1.21. The number of aromatic hydroxyl groups is 1. The summed E-state index contributed by atoms with van der Waals surface area (Å²) in [7, 11) is 0. The van der Waals surface area contributed by atoms with Crippen molar-refractivity contribution in [2.75, 3.05) is 13.1 Å². The van der Waals surface area contributed by atoms with Crippen molar-refractivity contribution in [3.63, 3.8) is 0 Å². The molecule has 4 rings (SSSR count). The van der Waals surface area contributed by atoms with Crippen molar-refractivity contribution >= 4 is 31.9 Å². The molecule has 140 valence electrons. The van der Waals surface area contributed by atoms with Gasteiger partial charge in [0, 0.05) is 21.1 Å². The largest absolute Gasteiger partial charge is 0.508 e. The molecule has 26 heavy (non-hydrogen) atoms. The van der Waals surface area contributed by atoms with Crippen molar-refractivity contribution in [1.29, 1.82) is 0 Å². The summed E-state index contributed by atoms with van der Waals surface area (Å²) in [6.45, 7) is 6.14. The van der Waals surface area contributed by atoms with E-state index in [1.54, 1.807) is 0 Å².